The molecule has 0 bridgehead atoms. The van der Waals surface area contributed by atoms with Crippen molar-refractivity contribution in [1.29, 1.82) is 0 Å². The van der Waals surface area contributed by atoms with E-state index in [9.17, 15) is 14.4 Å². The molecule has 232 valence electrons. The summed E-state index contributed by atoms with van der Waals surface area (Å²) in [7, 11) is 2.91. The number of hydrogen-bond acceptors (Lipinski definition) is 8. The van der Waals surface area contributed by atoms with Gasteiger partial charge in [-0.15, -0.1) is 0 Å². The number of fused-ring (bicyclic) bond motifs is 1. The highest BCUT2D eigenvalue weighted by atomic mass is 16.6. The molecule has 1 fully saturated rings. The molecule has 0 unspecified atom stereocenters. The first-order chi connectivity index (χ1) is 20.1. The first-order valence-electron chi connectivity index (χ1n) is 14.4. The summed E-state index contributed by atoms with van der Waals surface area (Å²) in [6.45, 7) is 13.6. The van der Waals surface area contributed by atoms with Gasteiger partial charge < -0.3 is 28.6 Å². The molecule has 43 heavy (non-hydrogen) atoms. The zero-order valence-corrected chi connectivity index (χ0v) is 26.5. The first-order valence-corrected chi connectivity index (χ1v) is 14.4. The highest BCUT2D eigenvalue weighted by Crippen LogP contribution is 2.42. The Labute approximate surface area is 252 Å². The molecule has 1 aromatic heterocycles. The summed E-state index contributed by atoms with van der Waals surface area (Å²) in [6, 6.07) is 10.8. The Morgan fingerprint density at radius 2 is 1.51 bits per heavy atom. The molecule has 1 saturated heterocycles. The predicted octanol–water partition coefficient (Wildman–Crippen LogP) is 6.70. The van der Waals surface area contributed by atoms with Crippen LogP contribution in [0.3, 0.4) is 0 Å². The molecular weight excluding hydrogens is 552 g/mol. The number of benzene rings is 2. The quantitative estimate of drug-likeness (QED) is 0.237. The van der Waals surface area contributed by atoms with Crippen LogP contribution in [0.15, 0.2) is 42.6 Å². The molecule has 0 radical (unpaired) electrons. The second-order valence-electron chi connectivity index (χ2n) is 12.7. The van der Waals surface area contributed by atoms with Gasteiger partial charge in [-0.05, 0) is 83.9 Å². The predicted molar refractivity (Wildman–Crippen MR) is 162 cm³/mol. The Balaban J connectivity index is 1.73. The number of esters is 1. The molecule has 2 aromatic carbocycles. The van der Waals surface area contributed by atoms with E-state index in [4.69, 9.17) is 23.7 Å². The Hall–Kier alpha value is -4.21. The van der Waals surface area contributed by atoms with E-state index >= 15 is 0 Å². The Bertz CT molecular complexity index is 1490. The zero-order valence-electron chi connectivity index (χ0n) is 26.5. The molecule has 0 saturated carbocycles. The van der Waals surface area contributed by atoms with Gasteiger partial charge in [0, 0.05) is 37.0 Å². The van der Waals surface area contributed by atoms with Crippen LogP contribution < -0.4 is 9.47 Å². The third-order valence-electron chi connectivity index (χ3n) is 7.12. The van der Waals surface area contributed by atoms with E-state index in [1.54, 1.807) is 30.3 Å². The number of carbonyl (C=O) groups is 3. The highest BCUT2D eigenvalue weighted by molar-refractivity contribution is 5.97. The van der Waals surface area contributed by atoms with Gasteiger partial charge in [0.1, 0.15) is 17.3 Å². The summed E-state index contributed by atoms with van der Waals surface area (Å²) in [5.74, 6) is 0.334. The second-order valence-corrected chi connectivity index (χ2v) is 12.7. The van der Waals surface area contributed by atoms with Gasteiger partial charge in [0.2, 0.25) is 0 Å². The largest absolute Gasteiger partial charge is 0.493 e. The Morgan fingerprint density at radius 3 is 2.09 bits per heavy atom. The third kappa shape index (κ3) is 7.24. The number of aryl methyl sites for hydroxylation is 1. The summed E-state index contributed by atoms with van der Waals surface area (Å²) in [6.07, 6.45) is 0.926. The number of methoxy groups -OCH3 is 2. The fourth-order valence-corrected chi connectivity index (χ4v) is 5.24. The van der Waals surface area contributed by atoms with Gasteiger partial charge in [-0.25, -0.2) is 14.4 Å². The summed E-state index contributed by atoms with van der Waals surface area (Å²) in [5.41, 5.74) is 1.50. The van der Waals surface area contributed by atoms with Crippen molar-refractivity contribution in [2.75, 3.05) is 27.3 Å². The van der Waals surface area contributed by atoms with Crippen molar-refractivity contribution in [2.24, 2.45) is 0 Å². The molecule has 0 N–H and O–H groups in total. The topological polar surface area (TPSA) is 106 Å². The maximum absolute atomic E-state index is 13.1. The van der Waals surface area contributed by atoms with Crippen molar-refractivity contribution in [3.05, 3.63) is 59.3 Å². The molecule has 10 heteroatoms. The van der Waals surface area contributed by atoms with Gasteiger partial charge >= 0.3 is 18.2 Å². The average Bonchev–Trinajstić information content (AvgIpc) is 3.39. The molecule has 2 heterocycles. The lowest BCUT2D eigenvalue weighted by atomic mass is 9.87. The van der Waals surface area contributed by atoms with E-state index in [1.165, 1.54) is 11.7 Å². The molecule has 1 aliphatic rings. The van der Waals surface area contributed by atoms with Gasteiger partial charge in [-0.2, -0.15) is 0 Å². The summed E-state index contributed by atoms with van der Waals surface area (Å²) < 4.78 is 30.2. The number of carbonyl (C=O) groups excluding carboxylic acids is 3. The SMILES string of the molecule is COC(=O)c1ccc([C@H]2CN(C(=O)OC(C)(C)C)CC[C@@H]2Oc2c(OC)cc(C)c3c2ccn3C(=O)OC(C)(C)C)cc1. The molecule has 10 nitrogen and oxygen atoms in total. The molecule has 3 aromatic rings. The van der Waals surface area contributed by atoms with Crippen molar-refractivity contribution < 1.29 is 38.1 Å². The van der Waals surface area contributed by atoms with E-state index in [-0.39, 0.29) is 12.0 Å². The Kier molecular flexibility index (Phi) is 8.99. The number of ether oxygens (including phenoxy) is 5. The van der Waals surface area contributed by atoms with E-state index in [0.717, 1.165) is 11.1 Å². The maximum Gasteiger partial charge on any atom is 0.419 e. The molecule has 2 atom stereocenters. The zero-order chi connectivity index (χ0) is 31.7. The monoisotopic (exact) mass is 594 g/mol. The van der Waals surface area contributed by atoms with Crippen LogP contribution in [0.25, 0.3) is 10.9 Å². The lowest BCUT2D eigenvalue weighted by Gasteiger charge is -2.39. The van der Waals surface area contributed by atoms with E-state index in [2.05, 4.69) is 0 Å². The van der Waals surface area contributed by atoms with Crippen molar-refractivity contribution in [3.8, 4) is 11.5 Å². The fourth-order valence-electron chi connectivity index (χ4n) is 5.24. The van der Waals surface area contributed by atoms with Gasteiger partial charge in [0.15, 0.2) is 11.5 Å². The number of rotatable bonds is 5. The molecule has 1 amide bonds. The number of aromatic nitrogens is 1. The van der Waals surface area contributed by atoms with Gasteiger partial charge in [0.05, 0.1) is 25.3 Å². The molecular formula is C33H42N2O8. The van der Waals surface area contributed by atoms with Crippen LogP contribution in [-0.2, 0) is 14.2 Å². The van der Waals surface area contributed by atoms with Crippen molar-refractivity contribution in [1.82, 2.24) is 9.47 Å². The molecule has 0 aliphatic carbocycles. The number of piperidine rings is 1. The van der Waals surface area contributed by atoms with Crippen LogP contribution >= 0.6 is 0 Å². The van der Waals surface area contributed by atoms with Crippen molar-refractivity contribution >= 4 is 29.1 Å². The van der Waals surface area contributed by atoms with Crippen LogP contribution in [0, 0.1) is 6.92 Å². The summed E-state index contributed by atoms with van der Waals surface area (Å²) in [5, 5.41) is 0.706. The maximum atomic E-state index is 13.1. The lowest BCUT2D eigenvalue weighted by Crippen LogP contribution is -2.48. The Morgan fingerprint density at radius 1 is 0.884 bits per heavy atom. The van der Waals surface area contributed by atoms with Gasteiger partial charge in [-0.3, -0.25) is 4.57 Å². The minimum Gasteiger partial charge on any atom is -0.493 e. The van der Waals surface area contributed by atoms with Crippen LogP contribution in [0.5, 0.6) is 11.5 Å². The van der Waals surface area contributed by atoms with Crippen LogP contribution in [0.4, 0.5) is 9.59 Å². The van der Waals surface area contributed by atoms with Crippen LogP contribution in [-0.4, -0.2) is 72.2 Å². The first kappa shape index (κ1) is 31.7. The van der Waals surface area contributed by atoms with Gasteiger partial charge in [0.25, 0.3) is 0 Å². The third-order valence-corrected chi connectivity index (χ3v) is 7.12. The normalized spacial score (nSPS) is 17.4. The molecule has 1 aliphatic heterocycles. The number of likely N-dealkylation sites (tertiary alicyclic amines) is 1. The van der Waals surface area contributed by atoms with Crippen molar-refractivity contribution in [2.45, 2.75) is 78.1 Å². The molecule has 0 spiro atoms. The molecule has 4 rings (SSSR count). The minimum absolute atomic E-state index is 0.262. The van der Waals surface area contributed by atoms with Gasteiger partial charge in [-0.1, -0.05) is 12.1 Å². The standard InChI is InChI=1S/C33H42N2O8/c1-20-18-26(39-8)28(23-14-17-35(27(20)23)31(38)43-33(5,6)7)41-25-15-16-34(30(37)42-32(2,3)4)19-24(25)21-10-12-22(13-11-21)29(36)40-9/h10-14,17-18,24-25H,15-16,19H2,1-9H3/t24-,25+/m1/s1. The summed E-state index contributed by atoms with van der Waals surface area (Å²) >= 11 is 0. The van der Waals surface area contributed by atoms with E-state index < -0.39 is 29.4 Å². The van der Waals surface area contributed by atoms with E-state index in [1.807, 2.05) is 72.7 Å². The van der Waals surface area contributed by atoms with Crippen LogP contribution in [0.2, 0.25) is 0 Å². The van der Waals surface area contributed by atoms with E-state index in [0.29, 0.717) is 47.5 Å². The van der Waals surface area contributed by atoms with Crippen LogP contribution in [0.1, 0.15) is 75.4 Å². The average molecular weight is 595 g/mol. The lowest BCUT2D eigenvalue weighted by molar-refractivity contribution is 0.00757. The number of nitrogens with zero attached hydrogens (tertiary/aromatic N) is 2. The summed E-state index contributed by atoms with van der Waals surface area (Å²) in [4.78, 5) is 39.9. The minimum atomic E-state index is -0.661. The fraction of sp³-hybridized carbons (Fsp3) is 0.485. The number of amides is 1. The smallest absolute Gasteiger partial charge is 0.419 e. The second kappa shape index (κ2) is 12.2. The highest BCUT2D eigenvalue weighted by Gasteiger charge is 2.37. The number of hydrogen-bond donors (Lipinski definition) is 0. The van der Waals surface area contributed by atoms with Crippen molar-refractivity contribution in [3.63, 3.8) is 0 Å².